The number of fused-ring (bicyclic) bond motifs is 3. The molecule has 3 atom stereocenters. The molecule has 0 radical (unpaired) electrons. The molecule has 178 valence electrons. The zero-order chi connectivity index (χ0) is 23.7. The number of carboxylic acids is 1. The SMILES string of the molecule is O=C(NC1CCOC1C(=O)N[C@@H](CC1CC1)C(=O)O)OCC1c2ccccc2-c2ccccc21. The lowest BCUT2D eigenvalue weighted by Crippen LogP contribution is -2.52. The Labute approximate surface area is 197 Å². The molecule has 34 heavy (non-hydrogen) atoms. The van der Waals surface area contributed by atoms with E-state index in [1.54, 1.807) is 0 Å². The van der Waals surface area contributed by atoms with Crippen molar-refractivity contribution >= 4 is 18.0 Å². The Morgan fingerprint density at radius 2 is 1.65 bits per heavy atom. The van der Waals surface area contributed by atoms with E-state index in [2.05, 4.69) is 22.8 Å². The Morgan fingerprint density at radius 1 is 1.00 bits per heavy atom. The lowest BCUT2D eigenvalue weighted by atomic mass is 9.98. The van der Waals surface area contributed by atoms with Crippen LogP contribution in [0.3, 0.4) is 0 Å². The maximum atomic E-state index is 12.7. The van der Waals surface area contributed by atoms with Crippen LogP contribution in [0.15, 0.2) is 48.5 Å². The molecule has 0 spiro atoms. The van der Waals surface area contributed by atoms with Crippen molar-refractivity contribution in [1.82, 2.24) is 10.6 Å². The molecular formula is C26H28N2O6. The van der Waals surface area contributed by atoms with Crippen LogP contribution in [-0.4, -0.2) is 54.5 Å². The summed E-state index contributed by atoms with van der Waals surface area (Å²) in [4.78, 5) is 36.8. The molecule has 2 unspecified atom stereocenters. The number of benzene rings is 2. The molecule has 3 aliphatic rings. The highest BCUT2D eigenvalue weighted by molar-refractivity contribution is 5.87. The monoisotopic (exact) mass is 464 g/mol. The standard InChI is InChI=1S/C26H28N2O6/c29-24(27-22(25(30)31)13-15-9-10-15)23-21(11-12-33-23)28-26(32)34-14-20-18-7-3-1-5-16(18)17-6-2-4-8-19(17)20/h1-8,15,20-23H,9-14H2,(H,27,29)(H,28,32)(H,30,31)/t21?,22-,23?/m0/s1. The number of amides is 2. The lowest BCUT2D eigenvalue weighted by Gasteiger charge is -2.22. The molecule has 1 heterocycles. The second-order valence-corrected chi connectivity index (χ2v) is 9.23. The second kappa shape index (κ2) is 9.46. The van der Waals surface area contributed by atoms with Gasteiger partial charge in [0, 0.05) is 12.5 Å². The molecule has 8 nitrogen and oxygen atoms in total. The third-order valence-electron chi connectivity index (χ3n) is 6.88. The third kappa shape index (κ3) is 4.63. The molecule has 2 aromatic rings. The molecule has 2 aliphatic carbocycles. The van der Waals surface area contributed by atoms with Gasteiger partial charge in [0.15, 0.2) is 6.10 Å². The number of rotatable bonds is 8. The number of aliphatic carboxylic acids is 1. The highest BCUT2D eigenvalue weighted by Gasteiger charge is 2.39. The first kappa shape index (κ1) is 22.4. The molecule has 2 aromatic carbocycles. The Morgan fingerprint density at radius 3 is 2.26 bits per heavy atom. The van der Waals surface area contributed by atoms with Crippen molar-refractivity contribution in [3.63, 3.8) is 0 Å². The minimum absolute atomic E-state index is 0.0594. The van der Waals surface area contributed by atoms with Gasteiger partial charge in [-0.3, -0.25) is 4.79 Å². The summed E-state index contributed by atoms with van der Waals surface area (Å²) in [6, 6.07) is 14.7. The average Bonchev–Trinajstić information content (AvgIpc) is 3.43. The van der Waals surface area contributed by atoms with E-state index in [1.807, 2.05) is 36.4 Å². The third-order valence-corrected chi connectivity index (χ3v) is 6.88. The normalized spacial score (nSPS) is 21.9. The van der Waals surface area contributed by atoms with Crippen LogP contribution in [0.4, 0.5) is 4.79 Å². The molecule has 5 rings (SSSR count). The lowest BCUT2D eigenvalue weighted by molar-refractivity contribution is -0.144. The first-order chi connectivity index (χ1) is 16.5. The molecule has 1 saturated heterocycles. The van der Waals surface area contributed by atoms with Gasteiger partial charge in [-0.15, -0.1) is 0 Å². The van der Waals surface area contributed by atoms with E-state index in [1.165, 1.54) is 0 Å². The molecule has 0 aromatic heterocycles. The Hall–Kier alpha value is -3.39. The number of hydrogen-bond donors (Lipinski definition) is 3. The number of carboxylic acid groups (broad SMARTS) is 1. The minimum atomic E-state index is -1.06. The summed E-state index contributed by atoms with van der Waals surface area (Å²) in [5, 5.41) is 14.7. The topological polar surface area (TPSA) is 114 Å². The van der Waals surface area contributed by atoms with E-state index >= 15 is 0 Å². The second-order valence-electron chi connectivity index (χ2n) is 9.23. The van der Waals surface area contributed by atoms with Gasteiger partial charge in [-0.05, 0) is 41.0 Å². The Balaban J connectivity index is 1.18. The summed E-state index contributed by atoms with van der Waals surface area (Å²) in [7, 11) is 0. The number of carbonyl (C=O) groups is 3. The highest BCUT2D eigenvalue weighted by Crippen LogP contribution is 2.44. The van der Waals surface area contributed by atoms with Gasteiger partial charge in [0.25, 0.3) is 5.91 Å². The maximum absolute atomic E-state index is 12.7. The van der Waals surface area contributed by atoms with Gasteiger partial charge >= 0.3 is 12.1 Å². The van der Waals surface area contributed by atoms with Crippen LogP contribution in [0.5, 0.6) is 0 Å². The van der Waals surface area contributed by atoms with E-state index in [4.69, 9.17) is 9.47 Å². The van der Waals surface area contributed by atoms with E-state index in [0.29, 0.717) is 25.4 Å². The van der Waals surface area contributed by atoms with Crippen molar-refractivity contribution in [3.8, 4) is 11.1 Å². The highest BCUT2D eigenvalue weighted by atomic mass is 16.6. The fourth-order valence-corrected chi connectivity index (χ4v) is 4.95. The molecule has 2 amide bonds. The number of nitrogens with one attached hydrogen (secondary N) is 2. The summed E-state index contributed by atoms with van der Waals surface area (Å²) >= 11 is 0. The number of carbonyl (C=O) groups excluding carboxylic acids is 2. The van der Waals surface area contributed by atoms with Gasteiger partial charge < -0.3 is 25.2 Å². The summed E-state index contributed by atoms with van der Waals surface area (Å²) in [6.45, 7) is 0.472. The van der Waals surface area contributed by atoms with E-state index in [-0.39, 0.29) is 12.5 Å². The van der Waals surface area contributed by atoms with Crippen molar-refractivity contribution in [2.45, 2.75) is 49.8 Å². The summed E-state index contributed by atoms with van der Waals surface area (Å²) in [6.07, 6.45) is 1.28. The first-order valence-electron chi connectivity index (χ1n) is 11.8. The van der Waals surface area contributed by atoms with Crippen LogP contribution in [0, 0.1) is 5.92 Å². The number of hydrogen-bond acceptors (Lipinski definition) is 5. The van der Waals surface area contributed by atoms with Crippen molar-refractivity contribution in [3.05, 3.63) is 59.7 Å². The van der Waals surface area contributed by atoms with Crippen molar-refractivity contribution in [2.24, 2.45) is 5.92 Å². The van der Waals surface area contributed by atoms with Gasteiger partial charge in [0.1, 0.15) is 12.6 Å². The molecule has 1 aliphatic heterocycles. The van der Waals surface area contributed by atoms with Crippen molar-refractivity contribution in [2.75, 3.05) is 13.2 Å². The van der Waals surface area contributed by atoms with E-state index in [9.17, 15) is 19.5 Å². The van der Waals surface area contributed by atoms with Gasteiger partial charge in [-0.25, -0.2) is 9.59 Å². The quantitative estimate of drug-likeness (QED) is 0.553. The zero-order valence-electron chi connectivity index (χ0n) is 18.7. The van der Waals surface area contributed by atoms with Crippen molar-refractivity contribution in [1.29, 1.82) is 0 Å². The molecule has 3 N–H and O–H groups in total. The minimum Gasteiger partial charge on any atom is -0.480 e. The predicted molar refractivity (Wildman–Crippen MR) is 123 cm³/mol. The van der Waals surface area contributed by atoms with Crippen LogP contribution in [-0.2, 0) is 19.1 Å². The molecule has 2 fully saturated rings. The maximum Gasteiger partial charge on any atom is 0.407 e. The first-order valence-corrected chi connectivity index (χ1v) is 11.8. The molecule has 0 bridgehead atoms. The van der Waals surface area contributed by atoms with Gasteiger partial charge in [0.2, 0.25) is 0 Å². The van der Waals surface area contributed by atoms with E-state index in [0.717, 1.165) is 35.1 Å². The summed E-state index contributed by atoms with van der Waals surface area (Å²) in [5.74, 6) is -1.29. The van der Waals surface area contributed by atoms with Gasteiger partial charge in [0.05, 0.1) is 6.04 Å². The van der Waals surface area contributed by atoms with Gasteiger partial charge in [-0.1, -0.05) is 61.4 Å². The van der Waals surface area contributed by atoms with Crippen LogP contribution >= 0.6 is 0 Å². The number of alkyl carbamates (subject to hydrolysis) is 1. The fourth-order valence-electron chi connectivity index (χ4n) is 4.95. The number of ether oxygens (including phenoxy) is 2. The molecule has 1 saturated carbocycles. The Kier molecular flexibility index (Phi) is 6.24. The van der Waals surface area contributed by atoms with Crippen LogP contribution in [0.25, 0.3) is 11.1 Å². The zero-order valence-corrected chi connectivity index (χ0v) is 18.7. The average molecular weight is 465 g/mol. The van der Waals surface area contributed by atoms with Crippen LogP contribution in [0.2, 0.25) is 0 Å². The van der Waals surface area contributed by atoms with Crippen molar-refractivity contribution < 1.29 is 29.0 Å². The Bertz CT molecular complexity index is 1050. The fraction of sp³-hybridized carbons (Fsp3) is 0.423. The summed E-state index contributed by atoms with van der Waals surface area (Å²) < 4.78 is 11.1. The van der Waals surface area contributed by atoms with Gasteiger partial charge in [-0.2, -0.15) is 0 Å². The molecular weight excluding hydrogens is 436 g/mol. The van der Waals surface area contributed by atoms with E-state index < -0.39 is 36.2 Å². The van der Waals surface area contributed by atoms with Crippen LogP contribution < -0.4 is 10.6 Å². The smallest absolute Gasteiger partial charge is 0.407 e. The molecule has 8 heteroatoms. The summed E-state index contributed by atoms with van der Waals surface area (Å²) in [5.41, 5.74) is 4.53. The predicted octanol–water partition coefficient (Wildman–Crippen LogP) is 3.05. The largest absolute Gasteiger partial charge is 0.480 e. The van der Waals surface area contributed by atoms with Crippen LogP contribution in [0.1, 0.15) is 42.7 Å².